The SMILES string of the molecule is CCN1C(=O)C2C(NC3N(Cc4c(F)cccc4Cl)N=C(C)CN23)N(C)C1=O. The molecule has 3 aliphatic heterocycles. The van der Waals surface area contributed by atoms with Crippen molar-refractivity contribution in [3.63, 3.8) is 0 Å². The molecule has 8 nitrogen and oxygen atoms in total. The van der Waals surface area contributed by atoms with Crippen LogP contribution >= 0.6 is 11.6 Å². The van der Waals surface area contributed by atoms with Gasteiger partial charge in [-0.3, -0.25) is 20.0 Å². The lowest BCUT2D eigenvalue weighted by atomic mass is 10.1. The van der Waals surface area contributed by atoms with Gasteiger partial charge in [-0.2, -0.15) is 5.10 Å². The number of benzene rings is 1. The minimum atomic E-state index is -0.531. The number of rotatable bonds is 3. The van der Waals surface area contributed by atoms with E-state index in [1.54, 1.807) is 31.1 Å². The first-order valence-corrected chi connectivity index (χ1v) is 9.54. The molecular weight excluding hydrogens is 387 g/mol. The molecule has 1 aromatic carbocycles. The van der Waals surface area contributed by atoms with E-state index < -0.39 is 24.3 Å². The molecule has 3 atom stereocenters. The van der Waals surface area contributed by atoms with Gasteiger partial charge in [0.15, 0.2) is 6.29 Å². The van der Waals surface area contributed by atoms with Crippen molar-refractivity contribution in [1.82, 2.24) is 25.0 Å². The predicted octanol–water partition coefficient (Wildman–Crippen LogP) is 1.47. The summed E-state index contributed by atoms with van der Waals surface area (Å²) in [6.07, 6.45) is -0.933. The number of carbonyl (C=O) groups is 2. The van der Waals surface area contributed by atoms with E-state index in [4.69, 9.17) is 11.6 Å². The third-order valence-electron chi connectivity index (χ3n) is 5.45. The maximum atomic E-state index is 14.3. The standard InChI is InChI=1S/C18H22ClFN6O2/c1-4-24-16(27)14-15(23(3)18(24)28)21-17-25(14)8-10(2)22-26(17)9-11-12(19)6-5-7-13(11)20/h5-7,14-15,17,21H,4,8-9H2,1-3H3. The highest BCUT2D eigenvalue weighted by Gasteiger charge is 2.56. The molecule has 1 N–H and O–H groups in total. The van der Waals surface area contributed by atoms with Crippen LogP contribution in [0.15, 0.2) is 23.3 Å². The molecule has 3 unspecified atom stereocenters. The maximum absolute atomic E-state index is 14.3. The lowest BCUT2D eigenvalue weighted by molar-refractivity contribution is -0.138. The first kappa shape index (κ1) is 19.1. The summed E-state index contributed by atoms with van der Waals surface area (Å²) in [6.45, 7) is 4.56. The maximum Gasteiger partial charge on any atom is 0.327 e. The van der Waals surface area contributed by atoms with Gasteiger partial charge in [-0.05, 0) is 26.0 Å². The number of hydrogen-bond acceptors (Lipinski definition) is 6. The zero-order valence-corrected chi connectivity index (χ0v) is 16.6. The minimum absolute atomic E-state index is 0.139. The molecule has 0 radical (unpaired) electrons. The van der Waals surface area contributed by atoms with Crippen molar-refractivity contribution in [2.45, 2.75) is 38.9 Å². The van der Waals surface area contributed by atoms with Crippen LogP contribution in [-0.4, -0.2) is 76.0 Å². The minimum Gasteiger partial charge on any atom is -0.310 e. The van der Waals surface area contributed by atoms with Gasteiger partial charge in [-0.1, -0.05) is 17.7 Å². The van der Waals surface area contributed by atoms with Gasteiger partial charge in [0.05, 0.1) is 6.54 Å². The van der Waals surface area contributed by atoms with Crippen molar-refractivity contribution in [2.75, 3.05) is 20.1 Å². The Hall–Kier alpha value is -2.23. The molecule has 0 bridgehead atoms. The summed E-state index contributed by atoms with van der Waals surface area (Å²) < 4.78 is 14.3. The van der Waals surface area contributed by atoms with Crippen molar-refractivity contribution >= 4 is 29.3 Å². The second-order valence-electron chi connectivity index (χ2n) is 7.21. The first-order chi connectivity index (χ1) is 13.3. The summed E-state index contributed by atoms with van der Waals surface area (Å²) in [5.74, 6) is -0.641. The third kappa shape index (κ3) is 2.85. The van der Waals surface area contributed by atoms with Gasteiger partial charge >= 0.3 is 6.03 Å². The Morgan fingerprint density at radius 2 is 2.11 bits per heavy atom. The number of fused-ring (bicyclic) bond motifs is 3. The topological polar surface area (TPSA) is 71.5 Å². The predicted molar refractivity (Wildman–Crippen MR) is 102 cm³/mol. The summed E-state index contributed by atoms with van der Waals surface area (Å²) in [4.78, 5) is 30.3. The van der Waals surface area contributed by atoms with Crippen LogP contribution in [0.4, 0.5) is 9.18 Å². The number of urea groups is 1. The highest BCUT2D eigenvalue weighted by molar-refractivity contribution is 6.31. The van der Waals surface area contributed by atoms with Crippen molar-refractivity contribution in [1.29, 1.82) is 0 Å². The molecule has 3 heterocycles. The van der Waals surface area contributed by atoms with E-state index >= 15 is 0 Å². The molecule has 0 saturated carbocycles. The first-order valence-electron chi connectivity index (χ1n) is 9.17. The van der Waals surface area contributed by atoms with Crippen LogP contribution in [0.1, 0.15) is 19.4 Å². The Morgan fingerprint density at radius 1 is 1.36 bits per heavy atom. The molecule has 4 rings (SSSR count). The molecule has 3 amide bonds. The van der Waals surface area contributed by atoms with Crippen LogP contribution in [0.2, 0.25) is 5.02 Å². The lowest BCUT2D eigenvalue weighted by Gasteiger charge is -2.42. The lowest BCUT2D eigenvalue weighted by Crippen LogP contribution is -2.66. The van der Waals surface area contributed by atoms with Gasteiger partial charge in [-0.15, -0.1) is 0 Å². The van der Waals surface area contributed by atoms with Gasteiger partial charge < -0.3 is 4.90 Å². The van der Waals surface area contributed by atoms with Gasteiger partial charge in [0.25, 0.3) is 5.91 Å². The van der Waals surface area contributed by atoms with Gasteiger partial charge in [0, 0.05) is 36.4 Å². The van der Waals surface area contributed by atoms with Crippen molar-refractivity contribution in [2.24, 2.45) is 5.10 Å². The van der Waals surface area contributed by atoms with Crippen LogP contribution in [0, 0.1) is 5.82 Å². The van der Waals surface area contributed by atoms with E-state index in [9.17, 15) is 14.0 Å². The van der Waals surface area contributed by atoms with E-state index in [1.165, 1.54) is 15.9 Å². The Labute approximate surface area is 167 Å². The smallest absolute Gasteiger partial charge is 0.310 e. The van der Waals surface area contributed by atoms with Crippen LogP contribution in [0.3, 0.4) is 0 Å². The summed E-state index contributed by atoms with van der Waals surface area (Å²) >= 11 is 6.19. The van der Waals surface area contributed by atoms with Crippen LogP contribution < -0.4 is 5.32 Å². The summed E-state index contributed by atoms with van der Waals surface area (Å²) in [5, 5.41) is 9.88. The van der Waals surface area contributed by atoms with E-state index in [-0.39, 0.29) is 18.5 Å². The van der Waals surface area contributed by atoms with E-state index in [0.29, 0.717) is 23.7 Å². The zero-order chi connectivity index (χ0) is 20.2. The van der Waals surface area contributed by atoms with Gasteiger partial charge in [-0.25, -0.2) is 14.1 Å². The Kier molecular flexibility index (Phi) is 4.76. The van der Waals surface area contributed by atoms with Crippen molar-refractivity contribution < 1.29 is 14.0 Å². The van der Waals surface area contributed by atoms with E-state index in [2.05, 4.69) is 10.4 Å². The molecule has 3 aliphatic rings. The Morgan fingerprint density at radius 3 is 2.79 bits per heavy atom. The Bertz CT molecular complexity index is 844. The molecule has 0 spiro atoms. The number of likely N-dealkylation sites (N-methyl/N-ethyl adjacent to an activating group) is 2. The second-order valence-corrected chi connectivity index (χ2v) is 7.62. The van der Waals surface area contributed by atoms with Gasteiger partial charge in [0.1, 0.15) is 18.0 Å². The summed E-state index contributed by atoms with van der Waals surface area (Å²) in [7, 11) is 1.67. The fraction of sp³-hybridized carbons (Fsp3) is 0.500. The average molecular weight is 409 g/mol. The average Bonchev–Trinajstić information content (AvgIpc) is 3.03. The van der Waals surface area contributed by atoms with Crippen LogP contribution in [-0.2, 0) is 11.3 Å². The normalized spacial score (nSPS) is 27.8. The van der Waals surface area contributed by atoms with Crippen LogP contribution in [0.5, 0.6) is 0 Å². The molecule has 28 heavy (non-hydrogen) atoms. The number of nitrogens with one attached hydrogen (secondary N) is 1. The van der Waals surface area contributed by atoms with E-state index in [1.807, 2.05) is 11.8 Å². The summed E-state index contributed by atoms with van der Waals surface area (Å²) in [6, 6.07) is 3.68. The third-order valence-corrected chi connectivity index (χ3v) is 5.80. The molecular formula is C18H22ClFN6O2. The molecule has 10 heteroatoms. The zero-order valence-electron chi connectivity index (χ0n) is 15.9. The molecule has 2 fully saturated rings. The van der Waals surface area contributed by atoms with Crippen LogP contribution in [0.25, 0.3) is 0 Å². The quantitative estimate of drug-likeness (QED) is 0.820. The van der Waals surface area contributed by atoms with Gasteiger partial charge in [0.2, 0.25) is 0 Å². The van der Waals surface area contributed by atoms with E-state index in [0.717, 1.165) is 5.71 Å². The molecule has 1 aromatic rings. The monoisotopic (exact) mass is 408 g/mol. The van der Waals surface area contributed by atoms with Crippen molar-refractivity contribution in [3.05, 3.63) is 34.6 Å². The highest BCUT2D eigenvalue weighted by Crippen LogP contribution is 2.32. The number of carbonyl (C=O) groups excluding carboxylic acids is 2. The largest absolute Gasteiger partial charge is 0.327 e. The summed E-state index contributed by atoms with van der Waals surface area (Å²) in [5.41, 5.74) is 1.13. The fourth-order valence-electron chi connectivity index (χ4n) is 4.11. The molecule has 0 aliphatic carbocycles. The number of nitrogens with zero attached hydrogens (tertiary/aromatic N) is 5. The molecule has 150 valence electrons. The second kappa shape index (κ2) is 6.98. The number of amides is 3. The number of imide groups is 1. The number of hydrazone groups is 1. The van der Waals surface area contributed by atoms with Crippen molar-refractivity contribution in [3.8, 4) is 0 Å². The number of halogens is 2. The molecule has 2 saturated heterocycles. The highest BCUT2D eigenvalue weighted by atomic mass is 35.5. The molecule has 0 aromatic heterocycles. The Balaban J connectivity index is 1.67. The fourth-order valence-corrected chi connectivity index (χ4v) is 4.33. The number of hydrogen-bond donors (Lipinski definition) is 1.